The number of amides is 1. The van der Waals surface area contributed by atoms with Crippen molar-refractivity contribution in [2.24, 2.45) is 5.92 Å². The second kappa shape index (κ2) is 7.42. The summed E-state index contributed by atoms with van der Waals surface area (Å²) in [6, 6.07) is 1.52. The van der Waals surface area contributed by atoms with Crippen LogP contribution in [0, 0.1) is 5.92 Å². The molecular formula is C17H29N3O6S2. The second-order valence-electron chi connectivity index (χ2n) is 8.79. The van der Waals surface area contributed by atoms with E-state index in [2.05, 4.69) is 15.8 Å². The van der Waals surface area contributed by atoms with Crippen LogP contribution >= 0.6 is 0 Å². The van der Waals surface area contributed by atoms with Gasteiger partial charge in [0.05, 0.1) is 5.69 Å². The highest BCUT2D eigenvalue weighted by Crippen LogP contribution is 2.33. The lowest BCUT2D eigenvalue weighted by atomic mass is 9.92. The van der Waals surface area contributed by atoms with Crippen molar-refractivity contribution in [2.45, 2.75) is 55.8 Å². The molecule has 0 radical (unpaired) electrons. The summed E-state index contributed by atoms with van der Waals surface area (Å²) in [5.41, 5.74) is 0.278. The van der Waals surface area contributed by atoms with Crippen LogP contribution in [0.5, 0.6) is 0 Å². The fraction of sp³-hybridized carbons (Fsp3) is 0.765. The molecule has 9 nitrogen and oxygen atoms in total. The molecule has 1 aliphatic rings. The number of hydrogen-bond donors (Lipinski definition) is 2. The van der Waals surface area contributed by atoms with Gasteiger partial charge in [-0.1, -0.05) is 25.9 Å². The van der Waals surface area contributed by atoms with Gasteiger partial charge in [0, 0.05) is 30.2 Å². The Balaban J connectivity index is 2.34. The summed E-state index contributed by atoms with van der Waals surface area (Å²) in [4.78, 5) is 12.8. The van der Waals surface area contributed by atoms with Crippen LogP contribution in [0.25, 0.3) is 0 Å². The molecule has 0 aromatic carbocycles. The van der Waals surface area contributed by atoms with E-state index in [1.165, 1.54) is 19.9 Å². The fourth-order valence-corrected chi connectivity index (χ4v) is 8.24. The van der Waals surface area contributed by atoms with Crippen molar-refractivity contribution in [1.29, 1.82) is 0 Å². The number of carbonyl (C=O) groups excluding carboxylic acids is 1. The van der Waals surface area contributed by atoms with Gasteiger partial charge in [-0.25, -0.2) is 16.8 Å². The van der Waals surface area contributed by atoms with Crippen LogP contribution in [0.2, 0.25) is 0 Å². The molecule has 2 atom stereocenters. The summed E-state index contributed by atoms with van der Waals surface area (Å²) < 4.78 is 52.7. The molecule has 0 bridgehead atoms. The van der Waals surface area contributed by atoms with Gasteiger partial charge < -0.3 is 9.84 Å². The largest absolute Gasteiger partial charge is 0.338 e. The first-order chi connectivity index (χ1) is 12.6. The van der Waals surface area contributed by atoms with Gasteiger partial charge in [-0.3, -0.25) is 10.1 Å². The SMILES string of the molecule is CC(C)(C)c1cc(NC(=O)C(C)(C)S(=O)(=O)C(C2CCNC2)S(C)(=O)=O)on1. The van der Waals surface area contributed by atoms with Gasteiger partial charge >= 0.3 is 0 Å². The summed E-state index contributed by atoms with van der Waals surface area (Å²) in [7, 11) is -8.34. The summed E-state index contributed by atoms with van der Waals surface area (Å²) >= 11 is 0. The third-order valence-corrected chi connectivity index (χ3v) is 10.6. The highest BCUT2D eigenvalue weighted by Gasteiger charge is 2.53. The quantitative estimate of drug-likeness (QED) is 0.678. The van der Waals surface area contributed by atoms with Gasteiger partial charge in [-0.05, 0) is 26.8 Å². The van der Waals surface area contributed by atoms with E-state index in [0.29, 0.717) is 18.7 Å². The molecule has 2 rings (SSSR count). The number of carbonyl (C=O) groups is 1. The predicted octanol–water partition coefficient (Wildman–Crippen LogP) is 1.08. The second-order valence-corrected chi connectivity index (χ2v) is 13.9. The molecule has 160 valence electrons. The molecule has 1 aromatic heterocycles. The Kier molecular flexibility index (Phi) is 6.05. The first kappa shape index (κ1) is 22.8. The number of nitrogens with one attached hydrogen (secondary N) is 2. The van der Waals surface area contributed by atoms with Gasteiger partial charge in [0.15, 0.2) is 24.3 Å². The zero-order valence-corrected chi connectivity index (χ0v) is 18.7. The maximum absolute atomic E-state index is 13.3. The Hall–Kier alpha value is -1.46. The van der Waals surface area contributed by atoms with E-state index >= 15 is 0 Å². The fourth-order valence-electron chi connectivity index (χ4n) is 3.11. The summed E-state index contributed by atoms with van der Waals surface area (Å²) in [5.74, 6) is -1.47. The van der Waals surface area contributed by atoms with Crippen molar-refractivity contribution in [2.75, 3.05) is 24.7 Å². The zero-order chi connectivity index (χ0) is 21.5. The lowest BCUT2D eigenvalue weighted by Crippen LogP contribution is -2.53. The number of nitrogens with zero attached hydrogens (tertiary/aromatic N) is 1. The lowest BCUT2D eigenvalue weighted by Gasteiger charge is -2.30. The molecule has 2 unspecified atom stereocenters. The maximum atomic E-state index is 13.3. The van der Waals surface area contributed by atoms with E-state index in [1.807, 2.05) is 20.8 Å². The smallest absolute Gasteiger partial charge is 0.247 e. The third kappa shape index (κ3) is 4.41. The maximum Gasteiger partial charge on any atom is 0.247 e. The predicted molar refractivity (Wildman–Crippen MR) is 106 cm³/mol. The van der Waals surface area contributed by atoms with Gasteiger partial charge in [0.2, 0.25) is 11.8 Å². The van der Waals surface area contributed by atoms with Gasteiger partial charge in [-0.15, -0.1) is 0 Å². The molecule has 11 heteroatoms. The molecule has 1 amide bonds. The van der Waals surface area contributed by atoms with Gasteiger partial charge in [0.25, 0.3) is 0 Å². The minimum Gasteiger partial charge on any atom is -0.338 e. The Morgan fingerprint density at radius 2 is 1.86 bits per heavy atom. The van der Waals surface area contributed by atoms with E-state index in [9.17, 15) is 21.6 Å². The minimum absolute atomic E-state index is 0.0108. The van der Waals surface area contributed by atoms with E-state index < -0.39 is 40.8 Å². The molecule has 2 heterocycles. The van der Waals surface area contributed by atoms with Crippen LogP contribution in [0.15, 0.2) is 10.6 Å². The van der Waals surface area contributed by atoms with Gasteiger partial charge in [-0.2, -0.15) is 0 Å². The van der Waals surface area contributed by atoms with Crippen molar-refractivity contribution in [3.63, 3.8) is 0 Å². The molecule has 1 aromatic rings. The molecule has 0 spiro atoms. The van der Waals surface area contributed by atoms with E-state index in [4.69, 9.17) is 4.52 Å². The highest BCUT2D eigenvalue weighted by atomic mass is 32.3. The van der Waals surface area contributed by atoms with Crippen LogP contribution in [0.3, 0.4) is 0 Å². The van der Waals surface area contributed by atoms with Crippen molar-refractivity contribution in [3.05, 3.63) is 11.8 Å². The standard InChI is InChI=1S/C17H29N3O6S2/c1-16(2,3)12-9-13(26-20-12)19-15(21)17(4,5)28(24,25)14(27(6,22)23)11-7-8-18-10-11/h9,11,14,18H,7-8,10H2,1-6H3,(H,19,21). The average Bonchev–Trinajstić information content (AvgIpc) is 3.16. The van der Waals surface area contributed by atoms with Crippen molar-refractivity contribution in [1.82, 2.24) is 10.5 Å². The number of aromatic nitrogens is 1. The number of rotatable bonds is 6. The average molecular weight is 436 g/mol. The van der Waals surface area contributed by atoms with Crippen LogP contribution in [-0.2, 0) is 29.9 Å². The first-order valence-electron chi connectivity index (χ1n) is 9.00. The normalized spacial score (nSPS) is 20.1. The Bertz CT molecular complexity index is 936. The van der Waals surface area contributed by atoms with Crippen LogP contribution in [0.4, 0.5) is 5.88 Å². The number of anilines is 1. The summed E-state index contributed by atoms with van der Waals surface area (Å²) in [6.07, 6.45) is 1.30. The number of hydrogen-bond acceptors (Lipinski definition) is 8. The van der Waals surface area contributed by atoms with Crippen molar-refractivity contribution in [3.8, 4) is 0 Å². The third-order valence-electron chi connectivity index (χ3n) is 4.98. The lowest BCUT2D eigenvalue weighted by molar-refractivity contribution is -0.118. The Morgan fingerprint density at radius 1 is 1.25 bits per heavy atom. The number of sulfone groups is 2. The molecule has 0 saturated carbocycles. The van der Waals surface area contributed by atoms with Crippen molar-refractivity contribution >= 4 is 31.5 Å². The molecule has 1 fully saturated rings. The van der Waals surface area contributed by atoms with Crippen LogP contribution in [0.1, 0.15) is 46.7 Å². The molecule has 1 saturated heterocycles. The molecule has 2 N–H and O–H groups in total. The summed E-state index contributed by atoms with van der Waals surface area (Å²) in [5, 5.41) is 9.28. The van der Waals surface area contributed by atoms with Gasteiger partial charge in [0.1, 0.15) is 4.75 Å². The minimum atomic E-state index is -4.38. The Morgan fingerprint density at radius 3 is 2.29 bits per heavy atom. The molecule has 0 aliphatic carbocycles. The monoisotopic (exact) mass is 435 g/mol. The Labute approximate surface area is 166 Å². The van der Waals surface area contributed by atoms with Crippen LogP contribution < -0.4 is 10.6 Å². The molecular weight excluding hydrogens is 406 g/mol. The van der Waals surface area contributed by atoms with E-state index in [1.54, 1.807) is 0 Å². The molecule has 28 heavy (non-hydrogen) atoms. The summed E-state index contributed by atoms with van der Waals surface area (Å²) in [6.45, 7) is 8.96. The van der Waals surface area contributed by atoms with Crippen LogP contribution in [-0.4, -0.2) is 56.6 Å². The van der Waals surface area contributed by atoms with E-state index in [0.717, 1.165) is 6.26 Å². The van der Waals surface area contributed by atoms with E-state index in [-0.39, 0.29) is 17.8 Å². The first-order valence-corrected chi connectivity index (χ1v) is 12.5. The molecule has 1 aliphatic heterocycles. The zero-order valence-electron chi connectivity index (χ0n) is 17.1. The topological polar surface area (TPSA) is 135 Å². The van der Waals surface area contributed by atoms with Crippen molar-refractivity contribution < 1.29 is 26.2 Å². The highest BCUT2D eigenvalue weighted by molar-refractivity contribution is 8.09.